The number of hydrogen-bond acceptors (Lipinski definition) is 6. The van der Waals surface area contributed by atoms with Gasteiger partial charge in [0.2, 0.25) is 21.1 Å². The van der Waals surface area contributed by atoms with Crippen LogP contribution in [0.5, 0.6) is 0 Å². The number of aromatic nitrogens is 2. The van der Waals surface area contributed by atoms with E-state index in [4.69, 9.17) is 0 Å². The molecule has 0 bridgehead atoms. The van der Waals surface area contributed by atoms with Crippen molar-refractivity contribution in [3.8, 4) is 10.6 Å². The number of anilines is 2. The zero-order valence-corrected chi connectivity index (χ0v) is 17.6. The fraction of sp³-hybridized carbons (Fsp3) is 0.211. The number of carbonyl (C=O) groups excluding carboxylic acids is 1. The van der Waals surface area contributed by atoms with Gasteiger partial charge in [0.15, 0.2) is 0 Å². The molecule has 1 amide bonds. The van der Waals surface area contributed by atoms with Crippen LogP contribution in [0.4, 0.5) is 15.2 Å². The molecule has 1 aromatic heterocycles. The molecule has 0 radical (unpaired) electrons. The van der Waals surface area contributed by atoms with E-state index in [1.807, 2.05) is 31.2 Å². The first kappa shape index (κ1) is 20.9. The van der Waals surface area contributed by atoms with Gasteiger partial charge in [0, 0.05) is 5.56 Å². The highest BCUT2D eigenvalue weighted by atomic mass is 32.2. The summed E-state index contributed by atoms with van der Waals surface area (Å²) in [6.07, 6.45) is 0.920. The molecule has 2 aromatic carbocycles. The lowest BCUT2D eigenvalue weighted by Crippen LogP contribution is -2.45. The van der Waals surface area contributed by atoms with Crippen molar-refractivity contribution in [2.24, 2.45) is 0 Å². The summed E-state index contributed by atoms with van der Waals surface area (Å²) >= 11 is 1.16. The number of sulfonamides is 1. The van der Waals surface area contributed by atoms with Gasteiger partial charge in [-0.2, -0.15) is 0 Å². The zero-order valence-electron chi connectivity index (χ0n) is 16.0. The maximum Gasteiger partial charge on any atom is 0.249 e. The monoisotopic (exact) mass is 434 g/mol. The van der Waals surface area contributed by atoms with Crippen molar-refractivity contribution >= 4 is 38.1 Å². The molecule has 152 valence electrons. The molecular formula is C19H19FN4O3S2. The van der Waals surface area contributed by atoms with Crippen LogP contribution < -0.4 is 9.62 Å². The Kier molecular flexibility index (Phi) is 5.94. The third-order valence-electron chi connectivity index (χ3n) is 4.13. The Balaban J connectivity index is 1.82. The molecule has 3 aromatic rings. The van der Waals surface area contributed by atoms with Crippen LogP contribution in [0.1, 0.15) is 12.5 Å². The van der Waals surface area contributed by atoms with Gasteiger partial charge >= 0.3 is 0 Å². The van der Waals surface area contributed by atoms with E-state index in [1.165, 1.54) is 25.1 Å². The summed E-state index contributed by atoms with van der Waals surface area (Å²) in [5.41, 5.74) is 1.76. The molecule has 29 heavy (non-hydrogen) atoms. The summed E-state index contributed by atoms with van der Waals surface area (Å²) in [6, 6.07) is 11.9. The number of nitrogens with one attached hydrogen (secondary N) is 1. The van der Waals surface area contributed by atoms with Gasteiger partial charge in [-0.05, 0) is 26.0 Å². The second-order valence-corrected chi connectivity index (χ2v) is 9.29. The summed E-state index contributed by atoms with van der Waals surface area (Å²) in [6.45, 7) is 3.35. The lowest BCUT2D eigenvalue weighted by Gasteiger charge is -2.28. The molecule has 10 heteroatoms. The van der Waals surface area contributed by atoms with Crippen molar-refractivity contribution in [3.63, 3.8) is 0 Å². The molecule has 0 aliphatic rings. The van der Waals surface area contributed by atoms with Gasteiger partial charge in [-0.25, -0.2) is 12.8 Å². The predicted octanol–water partition coefficient (Wildman–Crippen LogP) is 3.45. The van der Waals surface area contributed by atoms with Crippen LogP contribution in [0, 0.1) is 12.7 Å². The highest BCUT2D eigenvalue weighted by Gasteiger charge is 2.31. The Morgan fingerprint density at radius 2 is 1.79 bits per heavy atom. The molecule has 0 spiro atoms. The van der Waals surface area contributed by atoms with Gasteiger partial charge in [0.1, 0.15) is 16.9 Å². The smallest absolute Gasteiger partial charge is 0.249 e. The predicted molar refractivity (Wildman–Crippen MR) is 112 cm³/mol. The Morgan fingerprint density at radius 3 is 2.41 bits per heavy atom. The van der Waals surface area contributed by atoms with Crippen molar-refractivity contribution in [1.29, 1.82) is 0 Å². The summed E-state index contributed by atoms with van der Waals surface area (Å²) in [5.74, 6) is -1.39. The summed E-state index contributed by atoms with van der Waals surface area (Å²) in [7, 11) is -3.92. The minimum absolute atomic E-state index is 0.199. The second-order valence-electron chi connectivity index (χ2n) is 6.45. The first-order chi connectivity index (χ1) is 13.7. The highest BCUT2D eigenvalue weighted by molar-refractivity contribution is 7.92. The Bertz CT molecular complexity index is 1130. The number of hydrogen-bond donors (Lipinski definition) is 1. The number of carbonyl (C=O) groups is 1. The van der Waals surface area contributed by atoms with Crippen molar-refractivity contribution in [3.05, 3.63) is 59.9 Å². The Hall–Kier alpha value is -2.85. The molecule has 0 saturated heterocycles. The van der Waals surface area contributed by atoms with Crippen molar-refractivity contribution in [2.45, 2.75) is 19.9 Å². The van der Waals surface area contributed by atoms with Gasteiger partial charge in [0.05, 0.1) is 11.9 Å². The molecule has 7 nitrogen and oxygen atoms in total. The number of para-hydroxylation sites is 1. The van der Waals surface area contributed by atoms with Gasteiger partial charge in [-0.3, -0.25) is 14.4 Å². The normalized spacial score (nSPS) is 12.4. The Labute approximate surface area is 172 Å². The van der Waals surface area contributed by atoms with Crippen LogP contribution in [0.2, 0.25) is 0 Å². The van der Waals surface area contributed by atoms with E-state index in [-0.39, 0.29) is 10.8 Å². The minimum Gasteiger partial charge on any atom is -0.299 e. The average molecular weight is 435 g/mol. The molecule has 1 heterocycles. The number of aryl methyl sites for hydroxylation is 1. The molecular weight excluding hydrogens is 415 g/mol. The van der Waals surface area contributed by atoms with Gasteiger partial charge < -0.3 is 0 Å². The third-order valence-corrected chi connectivity index (χ3v) is 6.25. The number of benzene rings is 2. The van der Waals surface area contributed by atoms with Crippen molar-refractivity contribution < 1.29 is 17.6 Å². The highest BCUT2D eigenvalue weighted by Crippen LogP contribution is 2.28. The fourth-order valence-corrected chi connectivity index (χ4v) is 4.64. The summed E-state index contributed by atoms with van der Waals surface area (Å²) < 4.78 is 39.4. The van der Waals surface area contributed by atoms with E-state index in [9.17, 15) is 17.6 Å². The zero-order chi connectivity index (χ0) is 21.2. The molecule has 0 fully saturated rings. The lowest BCUT2D eigenvalue weighted by molar-refractivity contribution is -0.116. The second kappa shape index (κ2) is 8.26. The van der Waals surface area contributed by atoms with Crippen LogP contribution in [-0.4, -0.2) is 36.8 Å². The van der Waals surface area contributed by atoms with Gasteiger partial charge in [-0.15, -0.1) is 10.2 Å². The average Bonchev–Trinajstić information content (AvgIpc) is 3.11. The summed E-state index contributed by atoms with van der Waals surface area (Å²) in [4.78, 5) is 12.7. The first-order valence-electron chi connectivity index (χ1n) is 8.62. The molecule has 1 atom stereocenters. The van der Waals surface area contributed by atoms with E-state index in [0.29, 0.717) is 5.01 Å². The molecule has 0 aliphatic heterocycles. The first-order valence-corrected chi connectivity index (χ1v) is 11.3. The van der Waals surface area contributed by atoms with Crippen LogP contribution in [0.3, 0.4) is 0 Å². The van der Waals surface area contributed by atoms with Crippen molar-refractivity contribution in [2.75, 3.05) is 15.9 Å². The van der Waals surface area contributed by atoms with Gasteiger partial charge in [-0.1, -0.05) is 53.3 Å². The molecule has 0 saturated carbocycles. The Morgan fingerprint density at radius 1 is 1.14 bits per heavy atom. The molecule has 1 N–H and O–H groups in total. The van der Waals surface area contributed by atoms with E-state index in [0.717, 1.165) is 39.1 Å². The molecule has 0 aliphatic carbocycles. The topological polar surface area (TPSA) is 92.3 Å². The molecule has 0 unspecified atom stereocenters. The standard InChI is InChI=1S/C19H19FN4O3S2/c1-12-8-10-14(11-9-12)18-22-23-19(28-18)21-17(25)13(2)24(29(3,26)27)16-7-5-4-6-15(16)20/h4-11,13H,1-3H3,(H,21,23,25)/t13-/m1/s1. The van der Waals surface area contributed by atoms with Crippen LogP contribution in [0.15, 0.2) is 48.5 Å². The largest absolute Gasteiger partial charge is 0.299 e. The number of nitrogens with zero attached hydrogens (tertiary/aromatic N) is 3. The number of amides is 1. The van der Waals surface area contributed by atoms with Crippen LogP contribution >= 0.6 is 11.3 Å². The third kappa shape index (κ3) is 4.77. The van der Waals surface area contributed by atoms with Crippen LogP contribution in [-0.2, 0) is 14.8 Å². The quantitative estimate of drug-likeness (QED) is 0.642. The number of rotatable bonds is 6. The van der Waals surface area contributed by atoms with Crippen LogP contribution in [0.25, 0.3) is 10.6 Å². The van der Waals surface area contributed by atoms with Crippen molar-refractivity contribution in [1.82, 2.24) is 10.2 Å². The maximum atomic E-state index is 14.2. The van der Waals surface area contributed by atoms with Gasteiger partial charge in [0.25, 0.3) is 0 Å². The fourth-order valence-electron chi connectivity index (χ4n) is 2.71. The summed E-state index contributed by atoms with van der Waals surface area (Å²) in [5, 5.41) is 11.4. The van der Waals surface area contributed by atoms with E-state index >= 15 is 0 Å². The SMILES string of the molecule is Cc1ccc(-c2nnc(NC(=O)[C@@H](C)N(c3ccccc3F)S(C)(=O)=O)s2)cc1. The van der Waals surface area contributed by atoms with E-state index in [2.05, 4.69) is 15.5 Å². The van der Waals surface area contributed by atoms with E-state index < -0.39 is 27.8 Å². The van der Waals surface area contributed by atoms with E-state index in [1.54, 1.807) is 0 Å². The maximum absolute atomic E-state index is 14.2. The number of halogens is 1. The molecule has 3 rings (SSSR count). The minimum atomic E-state index is -3.92. The lowest BCUT2D eigenvalue weighted by atomic mass is 10.2.